The average Bonchev–Trinajstić information content (AvgIpc) is 3.04. The van der Waals surface area contributed by atoms with E-state index in [1.54, 1.807) is 23.2 Å². The Balaban J connectivity index is 1.92. The zero-order valence-corrected chi connectivity index (χ0v) is 17.3. The molecule has 0 bridgehead atoms. The molecule has 0 unspecified atom stereocenters. The Morgan fingerprint density at radius 3 is 2.59 bits per heavy atom. The predicted octanol–water partition coefficient (Wildman–Crippen LogP) is 5.29. The molecule has 27 heavy (non-hydrogen) atoms. The normalized spacial score (nSPS) is 11.4. The predicted molar refractivity (Wildman–Crippen MR) is 110 cm³/mol. The van der Waals surface area contributed by atoms with E-state index in [0.717, 1.165) is 16.6 Å². The van der Waals surface area contributed by atoms with Gasteiger partial charge in [-0.2, -0.15) is 5.10 Å². The van der Waals surface area contributed by atoms with Gasteiger partial charge in [0.15, 0.2) is 5.65 Å². The van der Waals surface area contributed by atoms with Crippen molar-refractivity contribution in [2.24, 2.45) is 0 Å². The zero-order valence-electron chi connectivity index (χ0n) is 15.8. The summed E-state index contributed by atoms with van der Waals surface area (Å²) in [5.41, 5.74) is 3.01. The fourth-order valence-corrected chi connectivity index (χ4v) is 3.34. The minimum atomic E-state index is -0.0623. The number of aryl methyl sites for hydroxylation is 1. The lowest BCUT2D eigenvalue weighted by atomic mass is 10.1. The van der Waals surface area contributed by atoms with E-state index in [2.05, 4.69) is 23.9 Å². The second-order valence-corrected chi connectivity index (χ2v) is 7.60. The SMILES string of the molecule is CCN(Cc1ccc(Cl)c(Cl)c1)C(=O)c1cc2cnn(C(C)C)c2nc1C. The maximum atomic E-state index is 13.1. The number of rotatable bonds is 5. The molecule has 0 spiro atoms. The first-order valence-corrected chi connectivity index (χ1v) is 9.65. The van der Waals surface area contributed by atoms with Crippen LogP contribution in [-0.4, -0.2) is 32.1 Å². The van der Waals surface area contributed by atoms with Gasteiger partial charge in [0.1, 0.15) is 0 Å². The van der Waals surface area contributed by atoms with Gasteiger partial charge in [-0.05, 0) is 51.5 Å². The van der Waals surface area contributed by atoms with E-state index >= 15 is 0 Å². The van der Waals surface area contributed by atoms with Crippen molar-refractivity contribution in [2.45, 2.75) is 40.3 Å². The van der Waals surface area contributed by atoms with Crippen molar-refractivity contribution in [3.8, 4) is 0 Å². The highest BCUT2D eigenvalue weighted by Crippen LogP contribution is 2.24. The summed E-state index contributed by atoms with van der Waals surface area (Å²) in [6, 6.07) is 7.50. The van der Waals surface area contributed by atoms with Gasteiger partial charge >= 0.3 is 0 Å². The quantitative estimate of drug-likeness (QED) is 0.580. The average molecular weight is 405 g/mol. The minimum Gasteiger partial charge on any atom is -0.335 e. The third kappa shape index (κ3) is 3.94. The molecule has 7 heteroatoms. The van der Waals surface area contributed by atoms with E-state index in [4.69, 9.17) is 23.2 Å². The van der Waals surface area contributed by atoms with Crippen LogP contribution in [0.4, 0.5) is 0 Å². The summed E-state index contributed by atoms with van der Waals surface area (Å²) in [4.78, 5) is 19.5. The molecule has 0 aliphatic rings. The number of hydrogen-bond acceptors (Lipinski definition) is 3. The largest absolute Gasteiger partial charge is 0.335 e. The van der Waals surface area contributed by atoms with Gasteiger partial charge in [-0.3, -0.25) is 4.79 Å². The number of hydrogen-bond donors (Lipinski definition) is 0. The van der Waals surface area contributed by atoms with Crippen molar-refractivity contribution >= 4 is 40.1 Å². The highest BCUT2D eigenvalue weighted by molar-refractivity contribution is 6.42. The number of amides is 1. The molecule has 0 saturated heterocycles. The third-order valence-electron chi connectivity index (χ3n) is 4.51. The van der Waals surface area contributed by atoms with Gasteiger partial charge in [0, 0.05) is 24.5 Å². The number of aromatic nitrogens is 3. The van der Waals surface area contributed by atoms with E-state index in [1.165, 1.54) is 0 Å². The van der Waals surface area contributed by atoms with Crippen molar-refractivity contribution in [3.05, 3.63) is 57.3 Å². The highest BCUT2D eigenvalue weighted by Gasteiger charge is 2.20. The molecular formula is C20H22Cl2N4O. The van der Waals surface area contributed by atoms with Gasteiger partial charge in [-0.1, -0.05) is 29.3 Å². The summed E-state index contributed by atoms with van der Waals surface area (Å²) in [6.07, 6.45) is 1.76. The lowest BCUT2D eigenvalue weighted by molar-refractivity contribution is 0.0751. The molecule has 0 radical (unpaired) electrons. The zero-order chi connectivity index (χ0) is 19.7. The van der Waals surface area contributed by atoms with Crippen LogP contribution in [0.15, 0.2) is 30.5 Å². The first-order chi connectivity index (χ1) is 12.8. The van der Waals surface area contributed by atoms with E-state index < -0.39 is 0 Å². The fraction of sp³-hybridized carbons (Fsp3) is 0.350. The van der Waals surface area contributed by atoms with Crippen molar-refractivity contribution < 1.29 is 4.79 Å². The number of carbonyl (C=O) groups excluding carboxylic acids is 1. The molecule has 2 aromatic heterocycles. The molecule has 0 aliphatic carbocycles. The highest BCUT2D eigenvalue weighted by atomic mass is 35.5. The topological polar surface area (TPSA) is 51.0 Å². The van der Waals surface area contributed by atoms with E-state index in [9.17, 15) is 4.79 Å². The fourth-order valence-electron chi connectivity index (χ4n) is 3.02. The van der Waals surface area contributed by atoms with Crippen molar-refractivity contribution in [1.29, 1.82) is 0 Å². The second-order valence-electron chi connectivity index (χ2n) is 6.78. The molecule has 0 N–H and O–H groups in total. The first-order valence-electron chi connectivity index (χ1n) is 8.89. The smallest absolute Gasteiger partial charge is 0.256 e. The van der Waals surface area contributed by atoms with Gasteiger partial charge in [-0.25, -0.2) is 9.67 Å². The molecule has 142 valence electrons. The van der Waals surface area contributed by atoms with Crippen LogP contribution in [0.3, 0.4) is 0 Å². The van der Waals surface area contributed by atoms with Gasteiger partial charge < -0.3 is 4.90 Å². The molecule has 0 saturated carbocycles. The van der Waals surface area contributed by atoms with Crippen LogP contribution in [0.1, 0.15) is 48.4 Å². The molecule has 0 fully saturated rings. The summed E-state index contributed by atoms with van der Waals surface area (Å²) >= 11 is 12.1. The summed E-state index contributed by atoms with van der Waals surface area (Å²) in [5, 5.41) is 6.24. The third-order valence-corrected chi connectivity index (χ3v) is 5.24. The Morgan fingerprint density at radius 1 is 1.22 bits per heavy atom. The van der Waals surface area contributed by atoms with Crippen LogP contribution in [0.25, 0.3) is 11.0 Å². The molecule has 3 rings (SSSR count). The second kappa shape index (κ2) is 7.87. The Labute approximate surface area is 168 Å². The van der Waals surface area contributed by atoms with Gasteiger partial charge in [0.2, 0.25) is 0 Å². The standard InChI is InChI=1S/C20H22Cl2N4O/c1-5-25(11-14-6-7-17(21)18(22)8-14)20(27)16-9-15-10-23-26(12(2)3)19(15)24-13(16)4/h6-10,12H,5,11H2,1-4H3. The Hall–Kier alpha value is -2.11. The number of benzene rings is 1. The van der Waals surface area contributed by atoms with Crippen LogP contribution in [0.2, 0.25) is 10.0 Å². The molecule has 1 aromatic carbocycles. The molecule has 5 nitrogen and oxygen atoms in total. The minimum absolute atomic E-state index is 0.0623. The van der Waals surface area contributed by atoms with Gasteiger partial charge in [0.05, 0.1) is 27.5 Å². The molecular weight excluding hydrogens is 383 g/mol. The molecule has 2 heterocycles. The monoisotopic (exact) mass is 404 g/mol. The molecule has 0 aliphatic heterocycles. The van der Waals surface area contributed by atoms with Gasteiger partial charge in [-0.15, -0.1) is 0 Å². The Morgan fingerprint density at radius 2 is 1.96 bits per heavy atom. The Kier molecular flexibility index (Phi) is 5.72. The number of pyridine rings is 1. The van der Waals surface area contributed by atoms with Crippen LogP contribution < -0.4 is 0 Å². The van der Waals surface area contributed by atoms with Crippen LogP contribution in [0.5, 0.6) is 0 Å². The van der Waals surface area contributed by atoms with Crippen molar-refractivity contribution in [2.75, 3.05) is 6.54 Å². The summed E-state index contributed by atoms with van der Waals surface area (Å²) < 4.78 is 1.86. The first kappa shape index (κ1) is 19.6. The van der Waals surface area contributed by atoms with Crippen LogP contribution in [-0.2, 0) is 6.54 Å². The number of nitrogens with zero attached hydrogens (tertiary/aromatic N) is 4. The summed E-state index contributed by atoms with van der Waals surface area (Å²) in [7, 11) is 0. The van der Waals surface area contributed by atoms with Gasteiger partial charge in [0.25, 0.3) is 5.91 Å². The molecule has 3 aromatic rings. The lowest BCUT2D eigenvalue weighted by Gasteiger charge is -2.22. The molecule has 0 atom stereocenters. The van der Waals surface area contributed by atoms with E-state index in [0.29, 0.717) is 34.4 Å². The summed E-state index contributed by atoms with van der Waals surface area (Å²) in [5.74, 6) is -0.0623. The lowest BCUT2D eigenvalue weighted by Crippen LogP contribution is -2.31. The van der Waals surface area contributed by atoms with Crippen molar-refractivity contribution in [3.63, 3.8) is 0 Å². The number of fused-ring (bicyclic) bond motifs is 1. The number of carbonyl (C=O) groups is 1. The van der Waals surface area contributed by atoms with E-state index in [-0.39, 0.29) is 11.9 Å². The van der Waals surface area contributed by atoms with E-state index in [1.807, 2.05) is 30.7 Å². The van der Waals surface area contributed by atoms with Crippen molar-refractivity contribution in [1.82, 2.24) is 19.7 Å². The summed E-state index contributed by atoms with van der Waals surface area (Å²) in [6.45, 7) is 8.94. The maximum absolute atomic E-state index is 13.1. The van der Waals surface area contributed by atoms with Crippen LogP contribution in [0, 0.1) is 6.92 Å². The Bertz CT molecular complexity index is 997. The maximum Gasteiger partial charge on any atom is 0.256 e. The number of halogens is 2. The van der Waals surface area contributed by atoms with Crippen LogP contribution >= 0.6 is 23.2 Å². The molecule has 1 amide bonds.